The summed E-state index contributed by atoms with van der Waals surface area (Å²) in [4.78, 5) is 24.3. The van der Waals surface area contributed by atoms with Crippen molar-refractivity contribution in [3.63, 3.8) is 0 Å². The molecule has 6 heteroatoms. The number of halogens is 1. The first-order chi connectivity index (χ1) is 11.9. The largest absolute Gasteiger partial charge is 0.326 e. The average Bonchev–Trinajstić information content (AvgIpc) is 2.58. The number of rotatable bonds is 6. The van der Waals surface area contributed by atoms with Crippen molar-refractivity contribution in [3.8, 4) is 0 Å². The van der Waals surface area contributed by atoms with Gasteiger partial charge in [0.2, 0.25) is 11.8 Å². The fraction of sp³-hybridized carbons (Fsp3) is 0.600. The monoisotopic (exact) mass is 381 g/mol. The van der Waals surface area contributed by atoms with Gasteiger partial charge in [-0.25, -0.2) is 0 Å². The van der Waals surface area contributed by atoms with Crippen LogP contribution in [0.2, 0.25) is 0 Å². The van der Waals surface area contributed by atoms with Crippen LogP contribution in [0.1, 0.15) is 45.6 Å². The zero-order valence-corrected chi connectivity index (χ0v) is 17.0. The molecule has 2 rings (SSSR count). The Kier molecular flexibility index (Phi) is 9.09. The van der Waals surface area contributed by atoms with E-state index in [-0.39, 0.29) is 30.1 Å². The average molecular weight is 382 g/mol. The number of piperidine rings is 1. The minimum atomic E-state index is -0.0794. The molecule has 1 aliphatic rings. The van der Waals surface area contributed by atoms with Crippen LogP contribution in [0.25, 0.3) is 0 Å². The number of carbonyl (C=O) groups is 2. The lowest BCUT2D eigenvalue weighted by molar-refractivity contribution is -0.119. The predicted molar refractivity (Wildman–Crippen MR) is 110 cm³/mol. The molecule has 0 bridgehead atoms. The van der Waals surface area contributed by atoms with Gasteiger partial charge in [0, 0.05) is 23.7 Å². The predicted octanol–water partition coefficient (Wildman–Crippen LogP) is 3.98. The molecule has 3 N–H and O–H groups in total. The molecule has 1 aliphatic heterocycles. The van der Waals surface area contributed by atoms with Crippen molar-refractivity contribution < 1.29 is 9.59 Å². The molecule has 1 saturated heterocycles. The van der Waals surface area contributed by atoms with Gasteiger partial charge in [-0.05, 0) is 62.4 Å². The van der Waals surface area contributed by atoms with E-state index in [1.54, 1.807) is 0 Å². The number of carbonyl (C=O) groups excluding carboxylic acids is 2. The maximum absolute atomic E-state index is 12.4. The Morgan fingerprint density at radius 3 is 2.58 bits per heavy atom. The van der Waals surface area contributed by atoms with E-state index in [0.717, 1.165) is 24.3 Å². The van der Waals surface area contributed by atoms with E-state index in [4.69, 9.17) is 0 Å². The van der Waals surface area contributed by atoms with Crippen LogP contribution >= 0.6 is 12.4 Å². The smallest absolute Gasteiger partial charge is 0.226 e. The lowest BCUT2D eigenvalue weighted by atomic mass is 9.85. The van der Waals surface area contributed by atoms with Crippen LogP contribution in [-0.4, -0.2) is 24.9 Å². The molecule has 1 fully saturated rings. The fourth-order valence-electron chi connectivity index (χ4n) is 3.15. The molecule has 0 aromatic heterocycles. The Labute approximate surface area is 163 Å². The van der Waals surface area contributed by atoms with E-state index in [1.165, 1.54) is 12.8 Å². The molecule has 2 amide bonds. The van der Waals surface area contributed by atoms with Crippen LogP contribution in [0.3, 0.4) is 0 Å². The van der Waals surface area contributed by atoms with Crippen molar-refractivity contribution in [3.05, 3.63) is 23.8 Å². The van der Waals surface area contributed by atoms with Gasteiger partial charge in [-0.3, -0.25) is 9.59 Å². The molecule has 26 heavy (non-hydrogen) atoms. The van der Waals surface area contributed by atoms with Gasteiger partial charge in [-0.15, -0.1) is 12.4 Å². The standard InChI is InChI=1S/C20H31N3O2.ClH/c1-13(2)20(25)22-17-8-7-14(3)18(11-17)23-19(24)10-15(4)16-6-5-9-21-12-16;/h7-8,11,13,15-16,21H,5-6,9-10,12H2,1-4H3,(H,22,25)(H,23,24);1H. The Hall–Kier alpha value is -1.59. The minimum absolute atomic E-state index is 0. The van der Waals surface area contributed by atoms with Crippen molar-refractivity contribution in [2.24, 2.45) is 17.8 Å². The third kappa shape index (κ3) is 6.61. The van der Waals surface area contributed by atoms with Crippen LogP contribution < -0.4 is 16.0 Å². The molecule has 2 atom stereocenters. The molecule has 0 aliphatic carbocycles. The normalized spacial score (nSPS) is 18.0. The first kappa shape index (κ1) is 22.5. The summed E-state index contributed by atoms with van der Waals surface area (Å²) in [6.45, 7) is 9.91. The maximum atomic E-state index is 12.4. The number of hydrogen-bond donors (Lipinski definition) is 3. The summed E-state index contributed by atoms with van der Waals surface area (Å²) < 4.78 is 0. The maximum Gasteiger partial charge on any atom is 0.226 e. The van der Waals surface area contributed by atoms with Gasteiger partial charge in [0.05, 0.1) is 0 Å². The van der Waals surface area contributed by atoms with Crippen molar-refractivity contribution >= 4 is 35.6 Å². The number of hydrogen-bond acceptors (Lipinski definition) is 3. The summed E-state index contributed by atoms with van der Waals surface area (Å²) in [5.74, 6) is 0.853. The van der Waals surface area contributed by atoms with Gasteiger partial charge in [0.25, 0.3) is 0 Å². The summed E-state index contributed by atoms with van der Waals surface area (Å²) in [6, 6.07) is 5.61. The second-order valence-electron chi connectivity index (χ2n) is 7.51. The number of anilines is 2. The summed E-state index contributed by atoms with van der Waals surface area (Å²) in [7, 11) is 0. The van der Waals surface area contributed by atoms with Crippen molar-refractivity contribution in [1.29, 1.82) is 0 Å². The van der Waals surface area contributed by atoms with E-state index in [2.05, 4.69) is 22.9 Å². The highest BCUT2D eigenvalue weighted by atomic mass is 35.5. The first-order valence-corrected chi connectivity index (χ1v) is 9.29. The molecule has 146 valence electrons. The zero-order chi connectivity index (χ0) is 18.4. The molecule has 5 nitrogen and oxygen atoms in total. The van der Waals surface area contributed by atoms with Gasteiger partial charge in [0.15, 0.2) is 0 Å². The van der Waals surface area contributed by atoms with E-state index < -0.39 is 0 Å². The topological polar surface area (TPSA) is 70.2 Å². The van der Waals surface area contributed by atoms with Gasteiger partial charge in [-0.1, -0.05) is 26.8 Å². The third-order valence-corrected chi connectivity index (χ3v) is 4.95. The van der Waals surface area contributed by atoms with E-state index in [0.29, 0.717) is 23.9 Å². The highest BCUT2D eigenvalue weighted by molar-refractivity contribution is 5.95. The number of nitrogens with one attached hydrogen (secondary N) is 3. The quantitative estimate of drug-likeness (QED) is 0.698. The number of amides is 2. The fourth-order valence-corrected chi connectivity index (χ4v) is 3.15. The Morgan fingerprint density at radius 2 is 1.96 bits per heavy atom. The second-order valence-corrected chi connectivity index (χ2v) is 7.51. The van der Waals surface area contributed by atoms with Crippen LogP contribution in [0.15, 0.2) is 18.2 Å². The van der Waals surface area contributed by atoms with Gasteiger partial charge >= 0.3 is 0 Å². The van der Waals surface area contributed by atoms with E-state index >= 15 is 0 Å². The van der Waals surface area contributed by atoms with Gasteiger partial charge in [-0.2, -0.15) is 0 Å². The first-order valence-electron chi connectivity index (χ1n) is 9.29. The van der Waals surface area contributed by atoms with Crippen LogP contribution in [0.4, 0.5) is 11.4 Å². The lowest BCUT2D eigenvalue weighted by Gasteiger charge is -2.28. The molecular weight excluding hydrogens is 350 g/mol. The summed E-state index contributed by atoms with van der Waals surface area (Å²) >= 11 is 0. The molecular formula is C20H32ClN3O2. The number of aryl methyl sites for hydroxylation is 1. The molecule has 0 spiro atoms. The van der Waals surface area contributed by atoms with Crippen molar-refractivity contribution in [1.82, 2.24) is 5.32 Å². The lowest BCUT2D eigenvalue weighted by Crippen LogP contribution is -2.34. The van der Waals surface area contributed by atoms with Crippen LogP contribution in [-0.2, 0) is 9.59 Å². The zero-order valence-electron chi connectivity index (χ0n) is 16.2. The molecule has 1 aromatic rings. The number of benzene rings is 1. The molecule has 2 unspecified atom stereocenters. The summed E-state index contributed by atoms with van der Waals surface area (Å²) in [5, 5.41) is 9.30. The highest BCUT2D eigenvalue weighted by Gasteiger charge is 2.22. The van der Waals surface area contributed by atoms with E-state index in [9.17, 15) is 9.59 Å². The Balaban J connectivity index is 0.00000338. The summed E-state index contributed by atoms with van der Waals surface area (Å²) in [5.41, 5.74) is 2.47. The van der Waals surface area contributed by atoms with Crippen molar-refractivity contribution in [2.75, 3.05) is 23.7 Å². The van der Waals surface area contributed by atoms with Gasteiger partial charge in [0.1, 0.15) is 0 Å². The minimum Gasteiger partial charge on any atom is -0.326 e. The molecule has 1 aromatic carbocycles. The SMILES string of the molecule is Cc1ccc(NC(=O)C(C)C)cc1NC(=O)CC(C)C1CCCNC1.Cl. The second kappa shape index (κ2) is 10.5. The molecule has 1 heterocycles. The molecule has 0 radical (unpaired) electrons. The third-order valence-electron chi connectivity index (χ3n) is 4.95. The van der Waals surface area contributed by atoms with Crippen LogP contribution in [0, 0.1) is 24.7 Å². The summed E-state index contributed by atoms with van der Waals surface area (Å²) in [6.07, 6.45) is 2.90. The Bertz CT molecular complexity index is 613. The highest BCUT2D eigenvalue weighted by Crippen LogP contribution is 2.25. The van der Waals surface area contributed by atoms with Gasteiger partial charge < -0.3 is 16.0 Å². The molecule has 0 saturated carbocycles. The van der Waals surface area contributed by atoms with Crippen LogP contribution in [0.5, 0.6) is 0 Å². The Morgan fingerprint density at radius 1 is 1.23 bits per heavy atom. The van der Waals surface area contributed by atoms with Crippen molar-refractivity contribution in [2.45, 2.75) is 47.0 Å². The van der Waals surface area contributed by atoms with E-state index in [1.807, 2.05) is 39.0 Å².